The van der Waals surface area contributed by atoms with Crippen molar-refractivity contribution in [3.63, 3.8) is 0 Å². The molecule has 0 atom stereocenters. The summed E-state index contributed by atoms with van der Waals surface area (Å²) in [4.78, 5) is 9.97. The summed E-state index contributed by atoms with van der Waals surface area (Å²) >= 11 is 0. The van der Waals surface area contributed by atoms with Crippen LogP contribution in [0, 0.1) is 0 Å². The first kappa shape index (κ1) is 7.42. The van der Waals surface area contributed by atoms with Crippen LogP contribution in [0.2, 0.25) is 0 Å². The molecule has 8 heavy (non-hydrogen) atoms. The molecular weight excluding hydrogens is 130 g/mol. The van der Waals surface area contributed by atoms with Crippen molar-refractivity contribution in [2.24, 2.45) is 0 Å². The normalized spacial score (nSPS) is 10.8. The van der Waals surface area contributed by atoms with Gasteiger partial charge in [0.2, 0.25) is 15.9 Å². The van der Waals surface area contributed by atoms with Crippen LogP contribution in [0.25, 0.3) is 0 Å². The highest BCUT2D eigenvalue weighted by atomic mass is 32.2. The molecule has 1 amide bonds. The topological polar surface area (TPSA) is 63.2 Å². The number of carbonyl (C=O) groups is 1. The van der Waals surface area contributed by atoms with E-state index < -0.39 is 15.9 Å². The fourth-order valence-electron chi connectivity index (χ4n) is 0.261. The molecule has 0 aliphatic heterocycles. The molecule has 0 spiro atoms. The molecule has 5 heteroatoms. The summed E-state index contributed by atoms with van der Waals surface area (Å²) in [5, 5.41) is 0. The van der Waals surface area contributed by atoms with Gasteiger partial charge < -0.3 is 0 Å². The minimum absolute atomic E-state index is 0.562. The summed E-state index contributed by atoms with van der Waals surface area (Å²) in [6.07, 6.45) is 0.925. The van der Waals surface area contributed by atoms with Crippen molar-refractivity contribution in [3.05, 3.63) is 0 Å². The highest BCUT2D eigenvalue weighted by molar-refractivity contribution is 7.89. The zero-order valence-electron chi connectivity index (χ0n) is 4.63. The standard InChI is InChI=1S/C3H7NO3S/c1-3(5)4-8(2,6)7/h1-2H3,(H,4,5). The number of sulfonamides is 1. The second kappa shape index (κ2) is 2.13. The van der Waals surface area contributed by atoms with Crippen molar-refractivity contribution in [2.45, 2.75) is 6.92 Å². The molecule has 0 saturated carbocycles. The van der Waals surface area contributed by atoms with Crippen LogP contribution < -0.4 is 4.72 Å². The molecule has 0 rings (SSSR count). The minimum atomic E-state index is -3.32. The van der Waals surface area contributed by atoms with Crippen molar-refractivity contribution < 1.29 is 13.2 Å². The quantitative estimate of drug-likeness (QED) is 0.508. The summed E-state index contributed by atoms with van der Waals surface area (Å²) in [5.41, 5.74) is 0. The molecule has 0 radical (unpaired) electrons. The van der Waals surface area contributed by atoms with Crippen molar-refractivity contribution >= 4 is 15.9 Å². The van der Waals surface area contributed by atoms with Crippen LogP contribution in [0.5, 0.6) is 0 Å². The van der Waals surface area contributed by atoms with Crippen LogP contribution in [0.4, 0.5) is 0 Å². The molecular formula is C3H7NO3S. The zero-order chi connectivity index (χ0) is 6.78. The highest BCUT2D eigenvalue weighted by Gasteiger charge is 1.99. The van der Waals surface area contributed by atoms with Gasteiger partial charge in [0.25, 0.3) is 0 Å². The average Bonchev–Trinajstić information content (AvgIpc) is 1.21. The van der Waals surface area contributed by atoms with Crippen LogP contribution in [-0.2, 0) is 14.8 Å². The first-order valence-corrected chi connectivity index (χ1v) is 3.79. The lowest BCUT2D eigenvalue weighted by atomic mass is 10.8. The largest absolute Gasteiger partial charge is 0.274 e. The molecule has 0 bridgehead atoms. The summed E-state index contributed by atoms with van der Waals surface area (Å²) in [7, 11) is -3.32. The third-order valence-electron chi connectivity index (χ3n) is 0.329. The van der Waals surface area contributed by atoms with E-state index in [9.17, 15) is 13.2 Å². The van der Waals surface area contributed by atoms with E-state index in [0.717, 1.165) is 13.2 Å². The van der Waals surface area contributed by atoms with Crippen molar-refractivity contribution in [2.75, 3.05) is 6.26 Å². The van der Waals surface area contributed by atoms with E-state index in [1.54, 1.807) is 4.72 Å². The SMILES string of the molecule is CC(=O)NS(C)(=O)=O. The van der Waals surface area contributed by atoms with Crippen LogP contribution >= 0.6 is 0 Å². The predicted molar refractivity (Wildman–Crippen MR) is 28.7 cm³/mol. The van der Waals surface area contributed by atoms with Gasteiger partial charge in [-0.2, -0.15) is 0 Å². The molecule has 0 saturated heterocycles. The second-order valence-electron chi connectivity index (χ2n) is 1.43. The van der Waals surface area contributed by atoms with Gasteiger partial charge in [-0.15, -0.1) is 0 Å². The zero-order valence-corrected chi connectivity index (χ0v) is 5.45. The van der Waals surface area contributed by atoms with E-state index in [4.69, 9.17) is 0 Å². The molecule has 0 aliphatic carbocycles. The Morgan fingerprint density at radius 2 is 1.88 bits per heavy atom. The molecule has 0 aromatic carbocycles. The smallest absolute Gasteiger partial charge is 0.231 e. The second-order valence-corrected chi connectivity index (χ2v) is 3.18. The molecule has 48 valence electrons. The number of carbonyl (C=O) groups excluding carboxylic acids is 1. The number of hydrogen-bond donors (Lipinski definition) is 1. The average molecular weight is 137 g/mol. The number of amides is 1. The summed E-state index contributed by atoms with van der Waals surface area (Å²) in [6.45, 7) is 1.14. The Morgan fingerprint density at radius 3 is 1.88 bits per heavy atom. The molecule has 0 aliphatic rings. The van der Waals surface area contributed by atoms with E-state index in [0.29, 0.717) is 0 Å². The van der Waals surface area contributed by atoms with E-state index in [1.165, 1.54) is 0 Å². The number of hydrogen-bond acceptors (Lipinski definition) is 3. The Balaban J connectivity index is 3.95. The third-order valence-corrected chi connectivity index (χ3v) is 0.987. The fourth-order valence-corrected chi connectivity index (χ4v) is 0.783. The van der Waals surface area contributed by atoms with E-state index in [-0.39, 0.29) is 0 Å². The maximum Gasteiger partial charge on any atom is 0.231 e. The van der Waals surface area contributed by atoms with E-state index in [1.807, 2.05) is 0 Å². The van der Waals surface area contributed by atoms with Crippen LogP contribution in [0.3, 0.4) is 0 Å². The van der Waals surface area contributed by atoms with Crippen LogP contribution in [-0.4, -0.2) is 20.6 Å². The van der Waals surface area contributed by atoms with Gasteiger partial charge in [-0.3, -0.25) is 9.52 Å². The van der Waals surface area contributed by atoms with Crippen molar-refractivity contribution in [3.8, 4) is 0 Å². The summed E-state index contributed by atoms with van der Waals surface area (Å²) in [5.74, 6) is -0.562. The van der Waals surface area contributed by atoms with Gasteiger partial charge in [0, 0.05) is 6.92 Å². The highest BCUT2D eigenvalue weighted by Crippen LogP contribution is 1.70. The lowest BCUT2D eigenvalue weighted by molar-refractivity contribution is -0.117. The lowest BCUT2D eigenvalue weighted by Crippen LogP contribution is -2.26. The van der Waals surface area contributed by atoms with Gasteiger partial charge in [-0.1, -0.05) is 0 Å². The Bertz CT molecular complexity index is 181. The summed E-state index contributed by atoms with van der Waals surface area (Å²) < 4.78 is 21.9. The Kier molecular flexibility index (Phi) is 1.97. The maximum absolute atomic E-state index is 10.1. The van der Waals surface area contributed by atoms with Crippen LogP contribution in [0.15, 0.2) is 0 Å². The Hall–Kier alpha value is -0.580. The minimum Gasteiger partial charge on any atom is -0.274 e. The molecule has 0 aromatic heterocycles. The van der Waals surface area contributed by atoms with Crippen molar-refractivity contribution in [1.29, 1.82) is 0 Å². The molecule has 0 heterocycles. The van der Waals surface area contributed by atoms with Crippen LogP contribution in [0.1, 0.15) is 6.92 Å². The predicted octanol–water partition coefficient (Wildman–Crippen LogP) is -0.918. The van der Waals surface area contributed by atoms with E-state index in [2.05, 4.69) is 0 Å². The molecule has 1 N–H and O–H groups in total. The van der Waals surface area contributed by atoms with Gasteiger partial charge in [-0.25, -0.2) is 8.42 Å². The van der Waals surface area contributed by atoms with Gasteiger partial charge >= 0.3 is 0 Å². The molecule has 0 fully saturated rings. The first-order valence-electron chi connectivity index (χ1n) is 1.90. The maximum atomic E-state index is 10.1. The summed E-state index contributed by atoms with van der Waals surface area (Å²) in [6, 6.07) is 0. The molecule has 0 aromatic rings. The third kappa shape index (κ3) is 5.42. The monoisotopic (exact) mass is 137 g/mol. The van der Waals surface area contributed by atoms with Gasteiger partial charge in [0.15, 0.2) is 0 Å². The first-order chi connectivity index (χ1) is 3.42. The van der Waals surface area contributed by atoms with Crippen molar-refractivity contribution in [1.82, 2.24) is 4.72 Å². The lowest BCUT2D eigenvalue weighted by Gasteiger charge is -1.93. The van der Waals surface area contributed by atoms with Gasteiger partial charge in [0.1, 0.15) is 0 Å². The van der Waals surface area contributed by atoms with Gasteiger partial charge in [0.05, 0.1) is 6.26 Å². The van der Waals surface area contributed by atoms with E-state index >= 15 is 0 Å². The number of nitrogens with one attached hydrogen (secondary N) is 1. The number of rotatable bonds is 1. The Morgan fingerprint density at radius 1 is 1.50 bits per heavy atom. The molecule has 4 nitrogen and oxygen atoms in total. The Labute approximate surface area is 47.9 Å². The molecule has 0 unspecified atom stereocenters. The fraction of sp³-hybridized carbons (Fsp3) is 0.667. The van der Waals surface area contributed by atoms with Gasteiger partial charge in [-0.05, 0) is 0 Å².